The summed E-state index contributed by atoms with van der Waals surface area (Å²) in [6.07, 6.45) is 0. The average molecular weight is 342 g/mol. The van der Waals surface area contributed by atoms with E-state index < -0.39 is 0 Å². The van der Waals surface area contributed by atoms with Gasteiger partial charge in [0.1, 0.15) is 17.4 Å². The third-order valence-electron chi connectivity index (χ3n) is 3.20. The fourth-order valence-corrected chi connectivity index (χ4v) is 2.75. The van der Waals surface area contributed by atoms with Crippen molar-refractivity contribution in [2.45, 2.75) is 6.61 Å². The zero-order chi connectivity index (χ0) is 16.8. The second-order valence-corrected chi connectivity index (χ2v) is 5.89. The largest absolute Gasteiger partial charge is 0.486 e. The van der Waals surface area contributed by atoms with Gasteiger partial charge in [-0.2, -0.15) is 0 Å². The van der Waals surface area contributed by atoms with Crippen LogP contribution in [0.25, 0.3) is 0 Å². The summed E-state index contributed by atoms with van der Waals surface area (Å²) in [5.74, 6) is 0.293. The molecule has 3 aromatic rings. The SMILES string of the molecule is O=C(Nc1ccccc1)Nc1sccc1OCc1ccc(F)cc1. The molecule has 0 atom stereocenters. The number of hydrogen-bond acceptors (Lipinski definition) is 3. The van der Waals surface area contributed by atoms with Crippen LogP contribution in [0.15, 0.2) is 66.0 Å². The number of hydrogen-bond donors (Lipinski definition) is 2. The predicted molar refractivity (Wildman–Crippen MR) is 94.1 cm³/mol. The van der Waals surface area contributed by atoms with Crippen LogP contribution in [0.1, 0.15) is 5.56 Å². The highest BCUT2D eigenvalue weighted by Gasteiger charge is 2.10. The van der Waals surface area contributed by atoms with Gasteiger partial charge in [-0.3, -0.25) is 5.32 Å². The van der Waals surface area contributed by atoms with E-state index in [1.54, 1.807) is 30.3 Å². The fraction of sp³-hybridized carbons (Fsp3) is 0.0556. The third-order valence-corrected chi connectivity index (χ3v) is 4.01. The number of urea groups is 1. The molecule has 0 aliphatic carbocycles. The Bertz CT molecular complexity index is 803. The lowest BCUT2D eigenvalue weighted by atomic mass is 10.2. The number of para-hydroxylation sites is 1. The van der Waals surface area contributed by atoms with Crippen molar-refractivity contribution < 1.29 is 13.9 Å². The minimum absolute atomic E-state index is 0.283. The maximum atomic E-state index is 12.9. The first-order chi connectivity index (χ1) is 11.7. The first-order valence-corrected chi connectivity index (χ1v) is 8.16. The molecule has 0 unspecified atom stereocenters. The zero-order valence-corrected chi connectivity index (χ0v) is 13.5. The lowest BCUT2D eigenvalue weighted by Crippen LogP contribution is -2.19. The van der Waals surface area contributed by atoms with Crippen LogP contribution in [0.3, 0.4) is 0 Å². The summed E-state index contributed by atoms with van der Waals surface area (Å²) in [5, 5.41) is 7.96. The van der Waals surface area contributed by atoms with Crippen LogP contribution in [-0.2, 0) is 6.61 Å². The van der Waals surface area contributed by atoms with Crippen molar-refractivity contribution in [2.24, 2.45) is 0 Å². The van der Waals surface area contributed by atoms with Crippen molar-refractivity contribution in [3.05, 3.63) is 77.4 Å². The number of amides is 2. The van der Waals surface area contributed by atoms with E-state index in [-0.39, 0.29) is 11.8 Å². The molecule has 1 aromatic heterocycles. The molecule has 122 valence electrons. The Morgan fingerprint density at radius 2 is 1.75 bits per heavy atom. The molecule has 0 radical (unpaired) electrons. The lowest BCUT2D eigenvalue weighted by Gasteiger charge is -2.09. The van der Waals surface area contributed by atoms with Gasteiger partial charge in [-0.1, -0.05) is 30.3 Å². The van der Waals surface area contributed by atoms with Crippen molar-refractivity contribution in [2.75, 3.05) is 10.6 Å². The van der Waals surface area contributed by atoms with Gasteiger partial charge in [0.25, 0.3) is 0 Å². The van der Waals surface area contributed by atoms with Crippen molar-refractivity contribution in [1.29, 1.82) is 0 Å². The highest BCUT2D eigenvalue weighted by Crippen LogP contribution is 2.31. The molecule has 6 heteroatoms. The molecule has 0 spiro atoms. The Hall–Kier alpha value is -2.86. The number of rotatable bonds is 5. The van der Waals surface area contributed by atoms with Gasteiger partial charge in [-0.15, -0.1) is 11.3 Å². The van der Waals surface area contributed by atoms with Crippen molar-refractivity contribution in [1.82, 2.24) is 0 Å². The summed E-state index contributed by atoms with van der Waals surface area (Å²) < 4.78 is 18.6. The van der Waals surface area contributed by atoms with Crippen molar-refractivity contribution in [3.8, 4) is 5.75 Å². The quantitative estimate of drug-likeness (QED) is 0.677. The van der Waals surface area contributed by atoms with Gasteiger partial charge >= 0.3 is 6.03 Å². The number of ether oxygens (including phenoxy) is 1. The second-order valence-electron chi connectivity index (χ2n) is 4.97. The molecule has 0 aliphatic heterocycles. The Balaban J connectivity index is 1.58. The summed E-state index contributed by atoms with van der Waals surface area (Å²) in [6.45, 7) is 0.298. The topological polar surface area (TPSA) is 50.4 Å². The van der Waals surface area contributed by atoms with Crippen LogP contribution in [0.2, 0.25) is 0 Å². The van der Waals surface area contributed by atoms with Crippen LogP contribution < -0.4 is 15.4 Å². The number of carbonyl (C=O) groups excluding carboxylic acids is 1. The molecule has 24 heavy (non-hydrogen) atoms. The standard InChI is InChI=1S/C18H15FN2O2S/c19-14-8-6-13(7-9-14)12-23-16-10-11-24-17(16)21-18(22)20-15-4-2-1-3-5-15/h1-11H,12H2,(H2,20,21,22). The van der Waals surface area contributed by atoms with Crippen LogP contribution in [-0.4, -0.2) is 6.03 Å². The number of carbonyl (C=O) groups is 1. The predicted octanol–water partition coefficient (Wildman–Crippen LogP) is 5.11. The maximum Gasteiger partial charge on any atom is 0.324 e. The first kappa shape index (κ1) is 16.0. The van der Waals surface area contributed by atoms with Gasteiger partial charge < -0.3 is 10.1 Å². The molecule has 2 N–H and O–H groups in total. The van der Waals surface area contributed by atoms with Gasteiger partial charge in [0, 0.05) is 5.69 Å². The monoisotopic (exact) mass is 342 g/mol. The van der Waals surface area contributed by atoms with E-state index in [9.17, 15) is 9.18 Å². The van der Waals surface area contributed by atoms with Gasteiger partial charge in [-0.05, 0) is 41.3 Å². The van der Waals surface area contributed by atoms with Gasteiger partial charge in [0.05, 0.1) is 0 Å². The van der Waals surface area contributed by atoms with Crippen LogP contribution in [0.5, 0.6) is 5.75 Å². The van der Waals surface area contributed by atoms with E-state index in [1.165, 1.54) is 23.5 Å². The minimum Gasteiger partial charge on any atom is -0.486 e. The molecule has 0 aliphatic rings. The van der Waals surface area contributed by atoms with Gasteiger partial charge in [0.15, 0.2) is 5.75 Å². The number of benzene rings is 2. The van der Waals surface area contributed by atoms with E-state index in [2.05, 4.69) is 10.6 Å². The van der Waals surface area contributed by atoms with Crippen LogP contribution >= 0.6 is 11.3 Å². The lowest BCUT2D eigenvalue weighted by molar-refractivity contribution is 0.262. The Labute approximate surface area is 142 Å². The molecule has 2 amide bonds. The molecule has 4 nitrogen and oxygen atoms in total. The minimum atomic E-state index is -0.338. The summed E-state index contributed by atoms with van der Waals surface area (Å²) in [7, 11) is 0. The zero-order valence-electron chi connectivity index (χ0n) is 12.7. The van der Waals surface area contributed by atoms with E-state index in [4.69, 9.17) is 4.74 Å². The number of anilines is 2. The van der Waals surface area contributed by atoms with Crippen molar-refractivity contribution in [3.63, 3.8) is 0 Å². The molecule has 0 bridgehead atoms. The summed E-state index contributed by atoms with van der Waals surface area (Å²) >= 11 is 1.37. The van der Waals surface area contributed by atoms with Gasteiger partial charge in [0.2, 0.25) is 0 Å². The van der Waals surface area contributed by atoms with Gasteiger partial charge in [-0.25, -0.2) is 9.18 Å². The Morgan fingerprint density at radius 1 is 1.00 bits per heavy atom. The smallest absolute Gasteiger partial charge is 0.324 e. The van der Waals surface area contributed by atoms with E-state index in [1.807, 2.05) is 23.6 Å². The Morgan fingerprint density at radius 3 is 2.50 bits per heavy atom. The summed E-state index contributed by atoms with van der Waals surface area (Å²) in [5.41, 5.74) is 1.56. The van der Waals surface area contributed by atoms with E-state index >= 15 is 0 Å². The molecule has 0 saturated carbocycles. The average Bonchev–Trinajstić information content (AvgIpc) is 3.02. The summed E-state index contributed by atoms with van der Waals surface area (Å²) in [4.78, 5) is 12.0. The third kappa shape index (κ3) is 4.33. The second kappa shape index (κ2) is 7.61. The molecular formula is C18H15FN2O2S. The number of thiophene rings is 1. The molecular weight excluding hydrogens is 327 g/mol. The van der Waals surface area contributed by atoms with Crippen molar-refractivity contribution >= 4 is 28.1 Å². The number of nitrogens with one attached hydrogen (secondary N) is 2. The number of halogens is 1. The van der Waals surface area contributed by atoms with E-state index in [0.29, 0.717) is 23.0 Å². The fourth-order valence-electron chi connectivity index (χ4n) is 2.03. The Kier molecular flexibility index (Phi) is 5.08. The molecule has 2 aromatic carbocycles. The van der Waals surface area contributed by atoms with Crippen LogP contribution in [0.4, 0.5) is 19.9 Å². The molecule has 3 rings (SSSR count). The normalized spacial score (nSPS) is 10.2. The molecule has 1 heterocycles. The van der Waals surface area contributed by atoms with E-state index in [0.717, 1.165) is 5.56 Å². The molecule has 0 saturated heterocycles. The highest BCUT2D eigenvalue weighted by molar-refractivity contribution is 7.14. The highest BCUT2D eigenvalue weighted by atomic mass is 32.1. The summed E-state index contributed by atoms with van der Waals surface area (Å²) in [6, 6.07) is 16.7. The van der Waals surface area contributed by atoms with Crippen LogP contribution in [0, 0.1) is 5.82 Å². The molecule has 0 fully saturated rings. The first-order valence-electron chi connectivity index (χ1n) is 7.28. The maximum absolute atomic E-state index is 12.9.